The number of allylic oxidation sites excluding steroid dienone is 2. The van der Waals surface area contributed by atoms with Crippen LogP contribution in [-0.2, 0) is 26.1 Å². The second kappa shape index (κ2) is 8.17. The molecule has 0 aromatic carbocycles. The number of halogens is 2. The third kappa shape index (κ3) is 4.36. The van der Waals surface area contributed by atoms with Crippen LogP contribution >= 0.6 is 23.2 Å². The first-order valence-corrected chi connectivity index (χ1v) is 9.61. The van der Waals surface area contributed by atoms with Gasteiger partial charge in [-0.15, -0.1) is 0 Å². The molecule has 2 heterocycles. The summed E-state index contributed by atoms with van der Waals surface area (Å²) >= 11 is 12.3. The fourth-order valence-corrected chi connectivity index (χ4v) is 3.40. The standard InChI is InChI=1S/C19H25Cl2N3O4/c1-8-27-17(25)11-9(2)22-10(3)12(18(26)28-19(4,5)6)13(11)16-23-14(20)15(21)24(16)7/h13,22H,8H2,1-7H3. The van der Waals surface area contributed by atoms with Gasteiger partial charge in [0.15, 0.2) is 5.15 Å². The van der Waals surface area contributed by atoms with Crippen molar-refractivity contribution < 1.29 is 19.1 Å². The molecule has 0 aliphatic carbocycles. The predicted octanol–water partition coefficient (Wildman–Crippen LogP) is 3.87. The smallest absolute Gasteiger partial charge is 0.337 e. The van der Waals surface area contributed by atoms with E-state index in [0.29, 0.717) is 17.2 Å². The Labute approximate surface area is 174 Å². The lowest BCUT2D eigenvalue weighted by atomic mass is 9.84. The van der Waals surface area contributed by atoms with Crippen molar-refractivity contribution in [1.82, 2.24) is 14.9 Å². The van der Waals surface area contributed by atoms with Crippen LogP contribution in [0.25, 0.3) is 0 Å². The highest BCUT2D eigenvalue weighted by molar-refractivity contribution is 6.40. The van der Waals surface area contributed by atoms with Crippen molar-refractivity contribution in [3.8, 4) is 0 Å². The van der Waals surface area contributed by atoms with Gasteiger partial charge in [-0.25, -0.2) is 14.6 Å². The molecule has 0 bridgehead atoms. The number of carbonyl (C=O) groups excluding carboxylic acids is 2. The number of imidazole rings is 1. The first-order valence-electron chi connectivity index (χ1n) is 8.85. The molecule has 0 spiro atoms. The Kier molecular flexibility index (Phi) is 6.51. The quantitative estimate of drug-likeness (QED) is 0.731. The van der Waals surface area contributed by atoms with Gasteiger partial charge in [-0.05, 0) is 41.5 Å². The van der Waals surface area contributed by atoms with E-state index in [9.17, 15) is 9.59 Å². The monoisotopic (exact) mass is 429 g/mol. The molecule has 0 amide bonds. The summed E-state index contributed by atoms with van der Waals surface area (Å²) in [6, 6.07) is 0. The second-order valence-corrected chi connectivity index (χ2v) is 8.18. The van der Waals surface area contributed by atoms with Crippen LogP contribution in [0.5, 0.6) is 0 Å². The average Bonchev–Trinajstić information content (AvgIpc) is 2.79. The molecule has 2 rings (SSSR count). The summed E-state index contributed by atoms with van der Waals surface area (Å²) in [5.41, 5.74) is 0.912. The van der Waals surface area contributed by atoms with Crippen molar-refractivity contribution in [3.63, 3.8) is 0 Å². The van der Waals surface area contributed by atoms with Crippen molar-refractivity contribution in [3.05, 3.63) is 38.7 Å². The van der Waals surface area contributed by atoms with Crippen LogP contribution in [0.4, 0.5) is 0 Å². The topological polar surface area (TPSA) is 82.4 Å². The van der Waals surface area contributed by atoms with Crippen molar-refractivity contribution in [1.29, 1.82) is 0 Å². The highest BCUT2D eigenvalue weighted by Crippen LogP contribution is 2.41. The predicted molar refractivity (Wildman–Crippen MR) is 107 cm³/mol. The second-order valence-electron chi connectivity index (χ2n) is 7.47. The minimum Gasteiger partial charge on any atom is -0.463 e. The molecule has 1 atom stereocenters. The first kappa shape index (κ1) is 22.3. The molecule has 7 nitrogen and oxygen atoms in total. The van der Waals surface area contributed by atoms with Gasteiger partial charge in [-0.2, -0.15) is 0 Å². The van der Waals surface area contributed by atoms with Crippen molar-refractivity contribution in [2.75, 3.05) is 6.61 Å². The first-order chi connectivity index (χ1) is 12.9. The molecule has 1 unspecified atom stereocenters. The van der Waals surface area contributed by atoms with Gasteiger partial charge in [-0.3, -0.25) is 0 Å². The van der Waals surface area contributed by atoms with E-state index in [2.05, 4.69) is 10.3 Å². The summed E-state index contributed by atoms with van der Waals surface area (Å²) in [7, 11) is 1.67. The maximum Gasteiger partial charge on any atom is 0.337 e. The molecule has 0 saturated heterocycles. The Morgan fingerprint density at radius 2 is 1.68 bits per heavy atom. The Morgan fingerprint density at radius 3 is 2.11 bits per heavy atom. The van der Waals surface area contributed by atoms with Gasteiger partial charge < -0.3 is 19.4 Å². The fourth-order valence-electron chi connectivity index (χ4n) is 3.05. The van der Waals surface area contributed by atoms with E-state index in [1.54, 1.807) is 53.2 Å². The summed E-state index contributed by atoms with van der Waals surface area (Å²) in [6.07, 6.45) is 0. The van der Waals surface area contributed by atoms with Crippen LogP contribution in [0.15, 0.2) is 22.5 Å². The van der Waals surface area contributed by atoms with Crippen LogP contribution in [0, 0.1) is 0 Å². The van der Waals surface area contributed by atoms with Crippen LogP contribution in [0.1, 0.15) is 53.3 Å². The van der Waals surface area contributed by atoms with Crippen LogP contribution in [-0.4, -0.2) is 33.7 Å². The lowest BCUT2D eigenvalue weighted by Crippen LogP contribution is -2.35. The summed E-state index contributed by atoms with van der Waals surface area (Å²) in [5.74, 6) is -1.61. The molecule has 9 heteroatoms. The molecular formula is C19H25Cl2N3O4. The van der Waals surface area contributed by atoms with E-state index in [1.807, 2.05) is 0 Å². The SMILES string of the molecule is CCOC(=O)C1=C(C)NC(C)=C(C(=O)OC(C)(C)C)C1c1nc(Cl)c(Cl)n1C. The van der Waals surface area contributed by atoms with Crippen molar-refractivity contribution >= 4 is 35.1 Å². The van der Waals surface area contributed by atoms with E-state index in [4.69, 9.17) is 32.7 Å². The molecule has 154 valence electrons. The molecule has 1 aromatic heterocycles. The van der Waals surface area contributed by atoms with Gasteiger partial charge in [0, 0.05) is 18.4 Å². The Bertz CT molecular complexity index is 878. The maximum absolute atomic E-state index is 13.0. The number of nitrogens with one attached hydrogen (secondary N) is 1. The molecule has 0 saturated carbocycles. The molecule has 1 N–H and O–H groups in total. The summed E-state index contributed by atoms with van der Waals surface area (Å²) < 4.78 is 12.4. The molecule has 0 radical (unpaired) electrons. The summed E-state index contributed by atoms with van der Waals surface area (Å²) in [6.45, 7) is 10.7. The molecule has 28 heavy (non-hydrogen) atoms. The molecule has 1 aliphatic heterocycles. The van der Waals surface area contributed by atoms with Crippen LogP contribution < -0.4 is 5.32 Å². The number of dihydropyridines is 1. The minimum absolute atomic E-state index is 0.0831. The van der Waals surface area contributed by atoms with Gasteiger partial charge in [0.25, 0.3) is 0 Å². The normalized spacial score (nSPS) is 17.5. The Hall–Kier alpha value is -1.99. The van der Waals surface area contributed by atoms with E-state index in [0.717, 1.165) is 0 Å². The van der Waals surface area contributed by atoms with Crippen LogP contribution in [0.2, 0.25) is 10.3 Å². The lowest BCUT2D eigenvalue weighted by Gasteiger charge is -2.31. The summed E-state index contributed by atoms with van der Waals surface area (Å²) in [5, 5.41) is 3.37. The van der Waals surface area contributed by atoms with Gasteiger partial charge >= 0.3 is 11.9 Å². The van der Waals surface area contributed by atoms with E-state index in [-0.39, 0.29) is 28.1 Å². The number of rotatable bonds is 4. The van der Waals surface area contributed by atoms with Gasteiger partial charge in [-0.1, -0.05) is 23.2 Å². The Balaban J connectivity index is 2.71. The van der Waals surface area contributed by atoms with Gasteiger partial charge in [0.2, 0.25) is 0 Å². The van der Waals surface area contributed by atoms with Crippen molar-refractivity contribution in [2.45, 2.75) is 53.1 Å². The number of nitrogens with zero attached hydrogens (tertiary/aromatic N) is 2. The van der Waals surface area contributed by atoms with Gasteiger partial charge in [0.1, 0.15) is 16.6 Å². The third-order valence-corrected chi connectivity index (χ3v) is 4.95. The molecule has 1 aromatic rings. The highest BCUT2D eigenvalue weighted by Gasteiger charge is 2.41. The fraction of sp³-hybridized carbons (Fsp3) is 0.526. The lowest BCUT2D eigenvalue weighted by molar-refractivity contribution is -0.150. The number of esters is 2. The highest BCUT2D eigenvalue weighted by atomic mass is 35.5. The Morgan fingerprint density at radius 1 is 1.14 bits per heavy atom. The third-order valence-electron chi connectivity index (χ3n) is 4.15. The average molecular weight is 430 g/mol. The molecule has 0 fully saturated rings. The summed E-state index contributed by atoms with van der Waals surface area (Å²) in [4.78, 5) is 30.1. The maximum atomic E-state index is 13.0. The molecular weight excluding hydrogens is 405 g/mol. The number of aromatic nitrogens is 2. The van der Waals surface area contributed by atoms with E-state index in [1.165, 1.54) is 0 Å². The zero-order valence-electron chi connectivity index (χ0n) is 17.1. The number of hydrogen-bond acceptors (Lipinski definition) is 6. The number of ether oxygens (including phenoxy) is 2. The van der Waals surface area contributed by atoms with Crippen LogP contribution in [0.3, 0.4) is 0 Å². The van der Waals surface area contributed by atoms with Crippen molar-refractivity contribution in [2.24, 2.45) is 7.05 Å². The largest absolute Gasteiger partial charge is 0.463 e. The zero-order chi connectivity index (χ0) is 21.4. The van der Waals surface area contributed by atoms with Gasteiger partial charge in [0.05, 0.1) is 23.7 Å². The number of carbonyl (C=O) groups is 2. The van der Waals surface area contributed by atoms with E-state index < -0.39 is 23.5 Å². The zero-order valence-corrected chi connectivity index (χ0v) is 18.6. The minimum atomic E-state index is -0.842. The molecule has 1 aliphatic rings. The number of hydrogen-bond donors (Lipinski definition) is 1. The van der Waals surface area contributed by atoms with E-state index >= 15 is 0 Å².